The van der Waals surface area contributed by atoms with Crippen molar-refractivity contribution in [3.05, 3.63) is 121 Å². The van der Waals surface area contributed by atoms with Crippen molar-refractivity contribution in [2.45, 2.75) is 26.4 Å². The molecule has 2 aromatic carbocycles. The van der Waals surface area contributed by atoms with E-state index in [4.69, 9.17) is 0 Å². The van der Waals surface area contributed by atoms with Crippen molar-refractivity contribution in [3.8, 4) is 0 Å². The first-order valence-corrected chi connectivity index (χ1v) is 13.9. The number of piperazine rings is 1. The fourth-order valence-electron chi connectivity index (χ4n) is 4.38. The monoisotopic (exact) mass is 537 g/mol. The Balaban J connectivity index is 0.000000559. The van der Waals surface area contributed by atoms with Gasteiger partial charge in [0, 0.05) is 57.6 Å². The lowest BCUT2D eigenvalue weighted by Crippen LogP contribution is -2.46. The average Bonchev–Trinajstić information content (AvgIpc) is 3.44. The van der Waals surface area contributed by atoms with Gasteiger partial charge in [0.2, 0.25) is 0 Å². The molecule has 7 nitrogen and oxygen atoms in total. The number of allylic oxidation sites excluding steroid dienone is 6. The van der Waals surface area contributed by atoms with E-state index >= 15 is 0 Å². The molecule has 1 aliphatic heterocycles. The molecule has 3 aromatic rings. The van der Waals surface area contributed by atoms with Gasteiger partial charge in [-0.15, -0.1) is 5.10 Å². The highest BCUT2D eigenvalue weighted by Crippen LogP contribution is 2.25. The van der Waals surface area contributed by atoms with E-state index in [1.807, 2.05) is 61.2 Å². The van der Waals surface area contributed by atoms with Crippen molar-refractivity contribution in [1.29, 1.82) is 0 Å². The quantitative estimate of drug-likeness (QED) is 0.288. The molecule has 210 valence electrons. The maximum atomic E-state index is 4.29. The van der Waals surface area contributed by atoms with Gasteiger partial charge in [-0.2, -0.15) is 0 Å². The fraction of sp³-hybridized carbons (Fsp3) is 0.303. The summed E-state index contributed by atoms with van der Waals surface area (Å²) in [6.45, 7) is 16.4. The summed E-state index contributed by atoms with van der Waals surface area (Å²) in [6.07, 6.45) is 14.8. The molecule has 40 heavy (non-hydrogen) atoms. The van der Waals surface area contributed by atoms with E-state index in [0.717, 1.165) is 74.9 Å². The highest BCUT2D eigenvalue weighted by atomic mass is 15.5. The lowest BCUT2D eigenvalue weighted by molar-refractivity contribution is 0.133. The number of hydrogen-bond acceptors (Lipinski definition) is 6. The average molecular weight is 538 g/mol. The van der Waals surface area contributed by atoms with Gasteiger partial charge in [-0.25, -0.2) is 4.68 Å². The minimum atomic E-state index is 0.726. The van der Waals surface area contributed by atoms with Crippen LogP contribution in [0.3, 0.4) is 0 Å². The highest BCUT2D eigenvalue weighted by Gasteiger charge is 2.19. The molecule has 0 amide bonds. The second-order valence-electron chi connectivity index (χ2n) is 9.50. The van der Waals surface area contributed by atoms with Gasteiger partial charge in [-0.1, -0.05) is 104 Å². The molecule has 0 unspecified atom stereocenters. The summed E-state index contributed by atoms with van der Waals surface area (Å²) in [5, 5.41) is 15.7. The van der Waals surface area contributed by atoms with Gasteiger partial charge < -0.3 is 5.32 Å². The minimum absolute atomic E-state index is 0.726. The van der Waals surface area contributed by atoms with Crippen molar-refractivity contribution in [3.63, 3.8) is 0 Å². The number of hydrogen-bond donors (Lipinski definition) is 1. The van der Waals surface area contributed by atoms with Crippen LogP contribution in [0.4, 0.5) is 5.69 Å². The van der Waals surface area contributed by atoms with Crippen LogP contribution in [0.5, 0.6) is 0 Å². The molecule has 1 N–H and O–H groups in total. The number of aryl methyl sites for hydroxylation is 1. The van der Waals surface area contributed by atoms with Crippen LogP contribution in [0.25, 0.3) is 11.6 Å². The molecule has 0 atom stereocenters. The standard InChI is InChI=1S/C26H33N7.C7H10/c1-22(24-12-6-7-13-25(24)27-2)14-16-33-26(28-29-30-33)21-32-19-17-31(18-20-32)15-8-11-23-9-4-3-5-10-23;1-3-5-7-6-4-2/h3-13,27H,1,14-21H2,2H3;3-7H,1H2,2H3/b11-8+;6-4-,7-5-. The molecular weight excluding hydrogens is 494 g/mol. The van der Waals surface area contributed by atoms with Crippen LogP contribution in [-0.4, -0.2) is 69.8 Å². The predicted molar refractivity (Wildman–Crippen MR) is 169 cm³/mol. The Hall–Kier alpha value is -4.07. The number of anilines is 1. The molecule has 1 saturated heterocycles. The Morgan fingerprint density at radius 1 is 0.950 bits per heavy atom. The largest absolute Gasteiger partial charge is 0.388 e. The van der Waals surface area contributed by atoms with Crippen LogP contribution in [0.1, 0.15) is 30.3 Å². The Morgan fingerprint density at radius 2 is 1.68 bits per heavy atom. The number of rotatable bonds is 12. The van der Waals surface area contributed by atoms with Crippen molar-refractivity contribution in [2.75, 3.05) is 45.1 Å². The number of tetrazole rings is 1. The zero-order valence-electron chi connectivity index (χ0n) is 24.0. The highest BCUT2D eigenvalue weighted by molar-refractivity contribution is 5.74. The van der Waals surface area contributed by atoms with Gasteiger partial charge in [0.1, 0.15) is 0 Å². The zero-order valence-corrected chi connectivity index (χ0v) is 24.0. The maximum absolute atomic E-state index is 4.29. The van der Waals surface area contributed by atoms with Crippen LogP contribution in [0.15, 0.2) is 104 Å². The van der Waals surface area contributed by atoms with E-state index in [-0.39, 0.29) is 0 Å². The van der Waals surface area contributed by atoms with Crippen LogP contribution >= 0.6 is 0 Å². The normalized spacial score (nSPS) is 14.4. The Kier molecular flexibility index (Phi) is 13.3. The maximum Gasteiger partial charge on any atom is 0.165 e. The second-order valence-corrected chi connectivity index (χ2v) is 9.50. The number of para-hydroxylation sites is 1. The molecule has 0 radical (unpaired) electrons. The Labute approximate surface area is 239 Å². The first-order valence-electron chi connectivity index (χ1n) is 13.9. The molecule has 2 heterocycles. The predicted octanol–water partition coefficient (Wildman–Crippen LogP) is 5.95. The third-order valence-electron chi connectivity index (χ3n) is 6.66. The molecule has 0 spiro atoms. The van der Waals surface area contributed by atoms with Crippen LogP contribution in [0.2, 0.25) is 0 Å². The van der Waals surface area contributed by atoms with Gasteiger partial charge in [0.15, 0.2) is 5.82 Å². The van der Waals surface area contributed by atoms with Gasteiger partial charge in [-0.05, 0) is 41.0 Å². The van der Waals surface area contributed by atoms with Crippen LogP contribution in [0, 0.1) is 0 Å². The summed E-state index contributed by atoms with van der Waals surface area (Å²) < 4.78 is 1.92. The van der Waals surface area contributed by atoms with E-state index < -0.39 is 0 Å². The molecule has 4 rings (SSSR count). The molecule has 1 aliphatic rings. The third-order valence-corrected chi connectivity index (χ3v) is 6.66. The topological polar surface area (TPSA) is 62.1 Å². The Morgan fingerprint density at radius 3 is 2.40 bits per heavy atom. The summed E-state index contributed by atoms with van der Waals surface area (Å²) >= 11 is 0. The lowest BCUT2D eigenvalue weighted by Gasteiger charge is -2.33. The van der Waals surface area contributed by atoms with Gasteiger partial charge >= 0.3 is 0 Å². The van der Waals surface area contributed by atoms with Gasteiger partial charge in [0.05, 0.1) is 6.54 Å². The summed E-state index contributed by atoms with van der Waals surface area (Å²) in [5.74, 6) is 0.919. The summed E-state index contributed by atoms with van der Waals surface area (Å²) in [7, 11) is 1.94. The second kappa shape index (κ2) is 17.5. The number of nitrogens with one attached hydrogen (secondary N) is 1. The smallest absolute Gasteiger partial charge is 0.165 e. The number of aromatic nitrogens is 4. The molecule has 0 bridgehead atoms. The molecule has 7 heteroatoms. The zero-order chi connectivity index (χ0) is 28.4. The molecule has 0 aliphatic carbocycles. The SMILES string of the molecule is C=C(CCn1nnnc1CN1CCN(C/C=C/c2ccccc2)CC1)c1ccccc1NC.C=C/C=C\C=C/C. The molecule has 1 fully saturated rings. The molecule has 1 aromatic heterocycles. The third kappa shape index (κ3) is 10.2. The first-order chi connectivity index (χ1) is 19.6. The van der Waals surface area contributed by atoms with Crippen LogP contribution in [-0.2, 0) is 13.1 Å². The van der Waals surface area contributed by atoms with E-state index in [9.17, 15) is 0 Å². The number of nitrogens with zero attached hydrogens (tertiary/aromatic N) is 6. The van der Waals surface area contributed by atoms with Crippen LogP contribution < -0.4 is 5.32 Å². The van der Waals surface area contributed by atoms with Crippen molar-refractivity contribution >= 4 is 17.3 Å². The number of benzene rings is 2. The van der Waals surface area contributed by atoms with E-state index in [1.54, 1.807) is 6.08 Å². The summed E-state index contributed by atoms with van der Waals surface area (Å²) in [6, 6.07) is 18.7. The Bertz CT molecular complexity index is 1250. The van der Waals surface area contributed by atoms with E-state index in [2.05, 4.69) is 92.4 Å². The van der Waals surface area contributed by atoms with Crippen molar-refractivity contribution in [2.24, 2.45) is 0 Å². The van der Waals surface area contributed by atoms with Crippen molar-refractivity contribution in [1.82, 2.24) is 30.0 Å². The fourth-order valence-corrected chi connectivity index (χ4v) is 4.38. The van der Waals surface area contributed by atoms with E-state index in [0.29, 0.717) is 0 Å². The van der Waals surface area contributed by atoms with Gasteiger partial charge in [-0.3, -0.25) is 9.80 Å². The lowest BCUT2D eigenvalue weighted by atomic mass is 10.0. The van der Waals surface area contributed by atoms with Crippen molar-refractivity contribution < 1.29 is 0 Å². The minimum Gasteiger partial charge on any atom is -0.388 e. The van der Waals surface area contributed by atoms with Gasteiger partial charge in [0.25, 0.3) is 0 Å². The van der Waals surface area contributed by atoms with E-state index in [1.165, 1.54) is 5.56 Å². The molecular formula is C33H43N7. The first kappa shape index (κ1) is 30.5. The summed E-state index contributed by atoms with van der Waals surface area (Å²) in [5.41, 5.74) is 4.57. The molecule has 0 saturated carbocycles. The summed E-state index contributed by atoms with van der Waals surface area (Å²) in [4.78, 5) is 4.92.